The number of ether oxygens (including phenoxy) is 1. The third-order valence-corrected chi connectivity index (χ3v) is 12.1. The molecule has 7 rings (SSSR count). The summed E-state index contributed by atoms with van der Waals surface area (Å²) >= 11 is 0. The zero-order valence-corrected chi connectivity index (χ0v) is 27.9. The molecule has 0 aromatic heterocycles. The van der Waals surface area contributed by atoms with Crippen LogP contribution >= 0.6 is 0 Å². The van der Waals surface area contributed by atoms with Crippen molar-refractivity contribution in [2.45, 2.75) is 85.7 Å². The van der Waals surface area contributed by atoms with Crippen LogP contribution in [0.2, 0.25) is 0 Å². The van der Waals surface area contributed by atoms with Gasteiger partial charge in [-0.3, -0.25) is 24.0 Å². The largest absolute Gasteiger partial charge is 0.507 e. The number of phenols is 2. The second-order valence-electron chi connectivity index (χ2n) is 14.6. The summed E-state index contributed by atoms with van der Waals surface area (Å²) in [7, 11) is 0. The first-order valence-corrected chi connectivity index (χ1v) is 16.4. The summed E-state index contributed by atoms with van der Waals surface area (Å²) in [6, 6.07) is 7.36. The number of aromatic hydroxyl groups is 2. The van der Waals surface area contributed by atoms with Crippen molar-refractivity contribution < 1.29 is 38.9 Å². The van der Waals surface area contributed by atoms with Crippen molar-refractivity contribution in [3.05, 3.63) is 81.4 Å². The van der Waals surface area contributed by atoms with Gasteiger partial charge in [0.05, 0.1) is 11.1 Å². The lowest BCUT2D eigenvalue weighted by molar-refractivity contribution is -0.185. The van der Waals surface area contributed by atoms with Crippen molar-refractivity contribution in [3.8, 4) is 11.5 Å². The van der Waals surface area contributed by atoms with Crippen molar-refractivity contribution in [2.24, 2.45) is 28.6 Å². The molecule has 2 aromatic carbocycles. The fourth-order valence-corrected chi connectivity index (χ4v) is 9.90. The van der Waals surface area contributed by atoms with Crippen molar-refractivity contribution in [1.82, 2.24) is 0 Å². The highest BCUT2D eigenvalue weighted by molar-refractivity contribution is 6.30. The van der Waals surface area contributed by atoms with Crippen LogP contribution in [0.4, 0.5) is 0 Å². The van der Waals surface area contributed by atoms with Gasteiger partial charge in [-0.2, -0.15) is 0 Å². The maximum Gasteiger partial charge on any atom is 0.303 e. The van der Waals surface area contributed by atoms with Gasteiger partial charge in [0.25, 0.3) is 0 Å². The van der Waals surface area contributed by atoms with Crippen LogP contribution in [-0.2, 0) is 19.1 Å². The lowest BCUT2D eigenvalue weighted by Gasteiger charge is -2.58. The van der Waals surface area contributed by atoms with E-state index in [1.807, 2.05) is 6.08 Å². The minimum absolute atomic E-state index is 0.0160. The molecule has 6 unspecified atom stereocenters. The van der Waals surface area contributed by atoms with Crippen molar-refractivity contribution in [3.63, 3.8) is 0 Å². The van der Waals surface area contributed by atoms with E-state index in [4.69, 9.17) is 4.74 Å². The van der Waals surface area contributed by atoms with Gasteiger partial charge < -0.3 is 14.9 Å². The maximum atomic E-state index is 12.8. The molecule has 5 aliphatic carbocycles. The molecule has 2 saturated carbocycles. The summed E-state index contributed by atoms with van der Waals surface area (Å²) in [5.41, 5.74) is 2.12. The summed E-state index contributed by atoms with van der Waals surface area (Å²) in [4.78, 5) is 61.4. The second kappa shape index (κ2) is 11.1. The van der Waals surface area contributed by atoms with Gasteiger partial charge in [0.1, 0.15) is 11.5 Å². The minimum atomic E-state index is -0.990. The highest BCUT2D eigenvalue weighted by Crippen LogP contribution is 2.67. The number of aryl methyl sites for hydroxylation is 1. The molecule has 0 heterocycles. The number of fused-ring (bicyclic) bond motifs is 7. The summed E-state index contributed by atoms with van der Waals surface area (Å²) in [5.74, 6) is -0.343. The maximum absolute atomic E-state index is 12.8. The van der Waals surface area contributed by atoms with Crippen LogP contribution in [-0.4, -0.2) is 44.9 Å². The van der Waals surface area contributed by atoms with Gasteiger partial charge in [-0.05, 0) is 111 Å². The molecule has 246 valence electrons. The molecule has 0 aliphatic heterocycles. The summed E-state index contributed by atoms with van der Waals surface area (Å²) in [5, 5.41) is 19.6. The van der Waals surface area contributed by atoms with Crippen LogP contribution in [0, 0.1) is 35.5 Å². The number of allylic oxidation sites excluding steroid dienone is 4. The number of ketones is 4. The molecule has 0 bridgehead atoms. The fraction of sp³-hybridized carbons (Fsp3) is 0.462. The Bertz CT molecular complexity index is 1830. The summed E-state index contributed by atoms with van der Waals surface area (Å²) in [6.07, 6.45) is 9.20. The van der Waals surface area contributed by atoms with E-state index in [0.717, 1.165) is 25.7 Å². The fourth-order valence-electron chi connectivity index (χ4n) is 9.90. The van der Waals surface area contributed by atoms with E-state index in [-0.39, 0.29) is 67.9 Å². The lowest BCUT2D eigenvalue weighted by atomic mass is 9.47. The van der Waals surface area contributed by atoms with Crippen molar-refractivity contribution in [1.29, 1.82) is 0 Å². The quantitative estimate of drug-likeness (QED) is 0.294. The van der Waals surface area contributed by atoms with Crippen LogP contribution < -0.4 is 0 Å². The van der Waals surface area contributed by atoms with Gasteiger partial charge in [0.15, 0.2) is 23.0 Å². The summed E-state index contributed by atoms with van der Waals surface area (Å²) in [6.45, 7) is 11.4. The molecule has 0 amide bonds. The molecule has 2 aromatic rings. The number of benzene rings is 2. The van der Waals surface area contributed by atoms with Gasteiger partial charge in [-0.1, -0.05) is 37.6 Å². The van der Waals surface area contributed by atoms with Gasteiger partial charge >= 0.3 is 5.97 Å². The average molecular weight is 639 g/mol. The highest BCUT2D eigenvalue weighted by Gasteiger charge is 2.67. The van der Waals surface area contributed by atoms with Crippen LogP contribution in [0.3, 0.4) is 0 Å². The van der Waals surface area contributed by atoms with Crippen LogP contribution in [0.5, 0.6) is 11.5 Å². The zero-order valence-electron chi connectivity index (χ0n) is 27.9. The van der Waals surface area contributed by atoms with Gasteiger partial charge in [0.2, 0.25) is 5.78 Å². The number of esters is 1. The Hall–Kier alpha value is -4.33. The SMILES string of the molecule is CC(=O)OC1(C(C)=O)CCC2C3C=C(C)C4=CC(=O)CCC4(C)C3CCC21C.Cc1cc(O)c2c(c1)C(=O)c1cccc(O)c1C2=O. The number of hydrogen-bond donors (Lipinski definition) is 2. The highest BCUT2D eigenvalue weighted by atomic mass is 16.6. The number of hydrogen-bond acceptors (Lipinski definition) is 8. The van der Waals surface area contributed by atoms with Gasteiger partial charge in [-0.15, -0.1) is 0 Å². The predicted octanol–water partition coefficient (Wildman–Crippen LogP) is 6.76. The standard InChI is InChI=1S/C24H32O4.C15H10O4/c1-14-12-18-19(22(4)9-6-17(27)13-21(14)22)7-10-23(5)20(18)8-11-24(23,15(2)25)28-16(3)26;1-7-5-9-13(11(17)6-7)15(19)12-8(14(9)18)3-2-4-10(12)16/h12-13,18-20H,6-11H2,1-5H3;2-6,16-17H,1H3. The molecule has 0 saturated heterocycles. The predicted molar refractivity (Wildman–Crippen MR) is 174 cm³/mol. The number of rotatable bonds is 2. The smallest absolute Gasteiger partial charge is 0.303 e. The molecular weight excluding hydrogens is 596 g/mol. The van der Waals surface area contributed by atoms with E-state index in [9.17, 15) is 34.2 Å². The van der Waals surface area contributed by atoms with E-state index in [1.54, 1.807) is 19.9 Å². The molecule has 5 aliphatic rings. The molecule has 8 heteroatoms. The Balaban J connectivity index is 0.000000177. The lowest BCUT2D eigenvalue weighted by Crippen LogP contribution is -2.58. The number of phenolic OH excluding ortho intramolecular Hbond substituents is 2. The Morgan fingerprint density at radius 2 is 1.53 bits per heavy atom. The number of carbonyl (C=O) groups excluding carboxylic acids is 5. The first kappa shape index (κ1) is 32.6. The molecule has 47 heavy (non-hydrogen) atoms. The van der Waals surface area contributed by atoms with E-state index in [2.05, 4.69) is 26.8 Å². The molecule has 0 radical (unpaired) electrons. The van der Waals surface area contributed by atoms with Crippen molar-refractivity contribution in [2.75, 3.05) is 0 Å². The van der Waals surface area contributed by atoms with E-state index in [0.29, 0.717) is 36.2 Å². The summed E-state index contributed by atoms with van der Waals surface area (Å²) < 4.78 is 5.82. The van der Waals surface area contributed by atoms with E-state index in [1.165, 1.54) is 42.3 Å². The first-order chi connectivity index (χ1) is 22.1. The van der Waals surface area contributed by atoms with Crippen LogP contribution in [0.25, 0.3) is 0 Å². The molecule has 2 fully saturated rings. The molecular formula is C39H42O8. The van der Waals surface area contributed by atoms with E-state index >= 15 is 0 Å². The molecule has 8 nitrogen and oxygen atoms in total. The third kappa shape index (κ3) is 4.74. The van der Waals surface area contributed by atoms with Gasteiger partial charge in [-0.25, -0.2) is 0 Å². The van der Waals surface area contributed by atoms with E-state index < -0.39 is 11.4 Å². The molecule has 0 spiro atoms. The minimum Gasteiger partial charge on any atom is -0.507 e. The Labute approximate surface area is 274 Å². The normalized spacial score (nSPS) is 31.9. The second-order valence-corrected chi connectivity index (χ2v) is 14.6. The molecule has 6 atom stereocenters. The number of Topliss-reactive ketones (excluding diaryl/α,β-unsaturated/α-hetero) is 1. The zero-order chi connectivity index (χ0) is 34.2. The topological polar surface area (TPSA) is 135 Å². The van der Waals surface area contributed by atoms with Crippen molar-refractivity contribution >= 4 is 29.1 Å². The Morgan fingerprint density at radius 3 is 2.21 bits per heavy atom. The van der Waals surface area contributed by atoms with Gasteiger partial charge in [0, 0.05) is 29.9 Å². The molecule has 2 N–H and O–H groups in total. The first-order valence-electron chi connectivity index (χ1n) is 16.4. The third-order valence-electron chi connectivity index (χ3n) is 12.1. The monoisotopic (exact) mass is 638 g/mol. The Kier molecular flexibility index (Phi) is 7.73. The number of carbonyl (C=O) groups is 5. The van der Waals surface area contributed by atoms with Crippen LogP contribution in [0.15, 0.2) is 53.6 Å². The average Bonchev–Trinajstić information content (AvgIpc) is 3.29. The Morgan fingerprint density at radius 1 is 0.851 bits per heavy atom. The van der Waals surface area contributed by atoms with Crippen LogP contribution in [0.1, 0.15) is 111 Å².